The number of quaternary nitrogens is 1. The third-order valence-corrected chi connectivity index (χ3v) is 6.62. The first kappa shape index (κ1) is 35.6. The van der Waals surface area contributed by atoms with Crippen LogP contribution in [0.3, 0.4) is 0 Å². The van der Waals surface area contributed by atoms with E-state index < -0.39 is 6.09 Å². The molecule has 6 nitrogen and oxygen atoms in total. The minimum Gasteiger partial charge on any atom is -1.00 e. The summed E-state index contributed by atoms with van der Waals surface area (Å²) in [5, 5.41) is 2.79. The second-order valence-electron chi connectivity index (χ2n) is 10.1. The number of carbonyl (C=O) groups excluding carboxylic acids is 2. The standard InChI is InChI=1S/C30H52N2O4.HI/c1-4-32(24-22-31-30(34)36-26-25-35-29(33)27(2)3)23-18-13-11-9-7-5-6-8-10-12-15-19-28-20-16-14-17-21-28;/h14,16-17,20-21,27H,4-13,15,18-19,22-26H2,1-3H3,(H,31,34);1H. The van der Waals surface area contributed by atoms with Gasteiger partial charge in [-0.2, -0.15) is 0 Å². The fourth-order valence-corrected chi connectivity index (χ4v) is 4.25. The topological polar surface area (TPSA) is 69.1 Å². The number of amides is 1. The highest BCUT2D eigenvalue weighted by molar-refractivity contribution is 5.71. The lowest BCUT2D eigenvalue weighted by Gasteiger charge is -2.18. The number of ether oxygens (including phenoxy) is 2. The Morgan fingerprint density at radius 1 is 0.784 bits per heavy atom. The molecule has 2 N–H and O–H groups in total. The van der Waals surface area contributed by atoms with Crippen LogP contribution in [0.4, 0.5) is 4.79 Å². The SMILES string of the molecule is CC[NH+](CCCCCCCCCCCCCc1ccccc1)CCNC(=O)OCCOC(=O)C(C)C.[I-]. The first-order valence-corrected chi connectivity index (χ1v) is 14.5. The molecule has 0 bridgehead atoms. The first-order valence-electron chi connectivity index (χ1n) is 14.5. The van der Waals surface area contributed by atoms with E-state index in [-0.39, 0.29) is 49.1 Å². The minimum absolute atomic E-state index is 0. The molecule has 0 saturated carbocycles. The highest BCUT2D eigenvalue weighted by atomic mass is 127. The molecule has 214 valence electrons. The van der Waals surface area contributed by atoms with Crippen molar-refractivity contribution in [2.24, 2.45) is 5.92 Å². The molecule has 0 aliphatic rings. The number of aryl methyl sites for hydroxylation is 1. The molecular weight excluding hydrogens is 579 g/mol. The molecule has 0 spiro atoms. The Bertz CT molecular complexity index is 673. The summed E-state index contributed by atoms with van der Waals surface area (Å²) in [6.45, 7) is 9.65. The van der Waals surface area contributed by atoms with Crippen LogP contribution in [0.5, 0.6) is 0 Å². The smallest absolute Gasteiger partial charge is 0.407 e. The third kappa shape index (κ3) is 21.3. The van der Waals surface area contributed by atoms with Gasteiger partial charge in [0.2, 0.25) is 0 Å². The zero-order chi connectivity index (χ0) is 26.3. The molecule has 1 rings (SSSR count). The van der Waals surface area contributed by atoms with Crippen molar-refractivity contribution in [3.63, 3.8) is 0 Å². The van der Waals surface area contributed by atoms with E-state index in [9.17, 15) is 9.59 Å². The van der Waals surface area contributed by atoms with Crippen LogP contribution in [-0.4, -0.2) is 51.5 Å². The summed E-state index contributed by atoms with van der Waals surface area (Å²) < 4.78 is 10.0. The second-order valence-corrected chi connectivity index (χ2v) is 10.1. The van der Waals surface area contributed by atoms with E-state index in [0.717, 1.165) is 19.6 Å². The lowest BCUT2D eigenvalue weighted by Crippen LogP contribution is -3.12. The van der Waals surface area contributed by atoms with E-state index in [1.54, 1.807) is 13.8 Å². The van der Waals surface area contributed by atoms with Gasteiger partial charge in [-0.1, -0.05) is 95.5 Å². The summed E-state index contributed by atoms with van der Waals surface area (Å²) in [5.41, 5.74) is 1.47. The summed E-state index contributed by atoms with van der Waals surface area (Å²) >= 11 is 0. The van der Waals surface area contributed by atoms with E-state index in [4.69, 9.17) is 9.47 Å². The predicted octanol–water partition coefficient (Wildman–Crippen LogP) is 2.35. The third-order valence-electron chi connectivity index (χ3n) is 6.62. The van der Waals surface area contributed by atoms with E-state index in [2.05, 4.69) is 42.6 Å². The largest absolute Gasteiger partial charge is 1.00 e. The van der Waals surface area contributed by atoms with Crippen LogP contribution in [0, 0.1) is 5.92 Å². The number of esters is 1. The molecular formula is C30H53IN2O4. The number of carbonyl (C=O) groups is 2. The molecule has 1 unspecified atom stereocenters. The van der Waals surface area contributed by atoms with Crippen molar-refractivity contribution in [2.45, 2.75) is 97.8 Å². The molecule has 1 atom stereocenters. The lowest BCUT2D eigenvalue weighted by atomic mass is 10.0. The zero-order valence-electron chi connectivity index (χ0n) is 23.7. The highest BCUT2D eigenvalue weighted by Crippen LogP contribution is 2.12. The summed E-state index contributed by atoms with van der Waals surface area (Å²) in [6, 6.07) is 10.8. The molecule has 0 fully saturated rings. The fourth-order valence-electron chi connectivity index (χ4n) is 4.25. The van der Waals surface area contributed by atoms with Gasteiger partial charge in [0.15, 0.2) is 0 Å². The van der Waals surface area contributed by atoms with Gasteiger partial charge < -0.3 is 43.7 Å². The molecule has 0 saturated heterocycles. The van der Waals surface area contributed by atoms with Gasteiger partial charge in [0.25, 0.3) is 0 Å². The Morgan fingerprint density at radius 3 is 1.89 bits per heavy atom. The summed E-state index contributed by atoms with van der Waals surface area (Å²) in [5.74, 6) is -0.445. The second kappa shape index (κ2) is 25.0. The number of benzene rings is 1. The van der Waals surface area contributed by atoms with Crippen LogP contribution in [0.1, 0.15) is 97.0 Å². The Labute approximate surface area is 243 Å². The van der Waals surface area contributed by atoms with Gasteiger partial charge in [-0.3, -0.25) is 4.79 Å². The Hall–Kier alpha value is -1.35. The summed E-state index contributed by atoms with van der Waals surface area (Å²) in [7, 11) is 0. The molecule has 1 amide bonds. The maximum absolute atomic E-state index is 11.7. The number of halogens is 1. The monoisotopic (exact) mass is 632 g/mol. The van der Waals surface area contributed by atoms with Gasteiger partial charge >= 0.3 is 12.1 Å². The summed E-state index contributed by atoms with van der Waals surface area (Å²) in [4.78, 5) is 24.6. The predicted molar refractivity (Wildman–Crippen MR) is 147 cm³/mol. The molecule has 0 radical (unpaired) electrons. The normalized spacial score (nSPS) is 11.6. The van der Waals surface area contributed by atoms with Crippen LogP contribution in [0.2, 0.25) is 0 Å². The Balaban J connectivity index is 0.0000130. The Kier molecular flexibility index (Phi) is 24.0. The number of hydrogen-bond donors (Lipinski definition) is 2. The van der Waals surface area contributed by atoms with Crippen molar-refractivity contribution in [3.05, 3.63) is 35.9 Å². The van der Waals surface area contributed by atoms with Crippen LogP contribution >= 0.6 is 0 Å². The maximum atomic E-state index is 11.7. The molecule has 0 aliphatic heterocycles. The van der Waals surface area contributed by atoms with E-state index in [1.165, 1.54) is 87.5 Å². The Morgan fingerprint density at radius 2 is 1.32 bits per heavy atom. The number of hydrogen-bond acceptors (Lipinski definition) is 4. The van der Waals surface area contributed by atoms with Gasteiger partial charge in [-0.05, 0) is 38.2 Å². The molecule has 0 aromatic heterocycles. The lowest BCUT2D eigenvalue weighted by molar-refractivity contribution is -0.897. The average Bonchev–Trinajstić information content (AvgIpc) is 2.88. The van der Waals surface area contributed by atoms with Crippen molar-refractivity contribution in [1.82, 2.24) is 5.32 Å². The highest BCUT2D eigenvalue weighted by Gasteiger charge is 2.10. The molecule has 1 aromatic rings. The van der Waals surface area contributed by atoms with Gasteiger partial charge in [-0.25, -0.2) is 4.79 Å². The quantitative estimate of drug-likeness (QED) is 0.117. The van der Waals surface area contributed by atoms with E-state index in [1.807, 2.05) is 0 Å². The van der Waals surface area contributed by atoms with Crippen LogP contribution in [0.25, 0.3) is 0 Å². The molecule has 1 aromatic carbocycles. The number of nitrogens with one attached hydrogen (secondary N) is 2. The van der Waals surface area contributed by atoms with Crippen molar-refractivity contribution in [3.8, 4) is 0 Å². The number of unbranched alkanes of at least 4 members (excludes halogenated alkanes) is 10. The summed E-state index contributed by atoms with van der Waals surface area (Å²) in [6.07, 6.45) is 15.6. The van der Waals surface area contributed by atoms with Crippen molar-refractivity contribution >= 4 is 12.1 Å². The fraction of sp³-hybridized carbons (Fsp3) is 0.733. The van der Waals surface area contributed by atoms with Gasteiger partial charge in [-0.15, -0.1) is 0 Å². The van der Waals surface area contributed by atoms with E-state index in [0.29, 0.717) is 6.54 Å². The molecule has 37 heavy (non-hydrogen) atoms. The van der Waals surface area contributed by atoms with Gasteiger partial charge in [0.1, 0.15) is 13.2 Å². The first-order chi connectivity index (χ1) is 17.5. The number of likely N-dealkylation sites (N-methyl/N-ethyl adjacent to an activating group) is 1. The number of alkyl carbamates (subject to hydrolysis) is 1. The van der Waals surface area contributed by atoms with Crippen LogP contribution < -0.4 is 34.2 Å². The zero-order valence-corrected chi connectivity index (χ0v) is 25.9. The van der Waals surface area contributed by atoms with E-state index >= 15 is 0 Å². The molecule has 7 heteroatoms. The van der Waals surface area contributed by atoms with Gasteiger partial charge in [0, 0.05) is 0 Å². The van der Waals surface area contributed by atoms with Crippen molar-refractivity contribution < 1.29 is 47.9 Å². The van der Waals surface area contributed by atoms with Crippen molar-refractivity contribution in [2.75, 3.05) is 39.4 Å². The van der Waals surface area contributed by atoms with Crippen LogP contribution in [-0.2, 0) is 20.7 Å². The molecule has 0 aliphatic carbocycles. The van der Waals surface area contributed by atoms with Crippen LogP contribution in [0.15, 0.2) is 30.3 Å². The molecule has 0 heterocycles. The average molecular weight is 633 g/mol. The number of rotatable bonds is 22. The minimum atomic E-state index is -0.446. The maximum Gasteiger partial charge on any atom is 0.407 e. The van der Waals surface area contributed by atoms with Crippen molar-refractivity contribution in [1.29, 1.82) is 0 Å². The van der Waals surface area contributed by atoms with Gasteiger partial charge in [0.05, 0.1) is 32.1 Å².